The van der Waals surface area contributed by atoms with Gasteiger partial charge in [0.25, 0.3) is 0 Å². The van der Waals surface area contributed by atoms with Crippen LogP contribution in [0.25, 0.3) is 22.6 Å². The van der Waals surface area contributed by atoms with E-state index in [9.17, 15) is 4.79 Å². The number of hydrogen-bond donors (Lipinski definition) is 0. The summed E-state index contributed by atoms with van der Waals surface area (Å²) in [6.45, 7) is 2.52. The smallest absolute Gasteiger partial charge is 0.227 e. The highest BCUT2D eigenvalue weighted by Gasteiger charge is 2.17. The third-order valence-corrected chi connectivity index (χ3v) is 4.83. The van der Waals surface area contributed by atoms with E-state index < -0.39 is 0 Å². The summed E-state index contributed by atoms with van der Waals surface area (Å²) in [5, 5.41) is 0.943. The lowest BCUT2D eigenvalue weighted by Gasteiger charge is -2.26. The molecule has 0 saturated carbocycles. The largest absolute Gasteiger partial charge is 0.435 e. The first-order valence-corrected chi connectivity index (χ1v) is 9.06. The Balaban J connectivity index is 1.52. The molecule has 0 atom stereocenters. The summed E-state index contributed by atoms with van der Waals surface area (Å²) in [6, 6.07) is 10.9. The summed E-state index contributed by atoms with van der Waals surface area (Å²) in [4.78, 5) is 18.6. The first-order valence-electron chi connectivity index (χ1n) is 8.30. The number of amides is 1. The molecule has 26 heavy (non-hydrogen) atoms. The fraction of sp³-hybridized carbons (Fsp3) is 0.263. The molecule has 0 aliphatic carbocycles. The van der Waals surface area contributed by atoms with Crippen molar-refractivity contribution in [3.8, 4) is 11.5 Å². The molecule has 7 heteroatoms. The van der Waals surface area contributed by atoms with Gasteiger partial charge in [0, 0.05) is 23.7 Å². The Morgan fingerprint density at radius 1 is 1.12 bits per heavy atom. The van der Waals surface area contributed by atoms with E-state index in [0.717, 1.165) is 11.1 Å². The summed E-state index contributed by atoms with van der Waals surface area (Å²) in [6.07, 6.45) is 0.370. The van der Waals surface area contributed by atoms with Crippen LogP contribution in [0, 0.1) is 0 Å². The van der Waals surface area contributed by atoms with E-state index in [1.807, 2.05) is 29.2 Å². The number of nitrogens with zero attached hydrogens (tertiary/aromatic N) is 2. The number of aromatic nitrogens is 1. The van der Waals surface area contributed by atoms with Crippen LogP contribution in [0.3, 0.4) is 0 Å². The fourth-order valence-electron chi connectivity index (χ4n) is 2.95. The predicted molar refractivity (Wildman–Crippen MR) is 101 cm³/mol. The first-order chi connectivity index (χ1) is 12.6. The van der Waals surface area contributed by atoms with Gasteiger partial charge in [0.1, 0.15) is 5.52 Å². The van der Waals surface area contributed by atoms with Crippen LogP contribution in [-0.2, 0) is 16.0 Å². The van der Waals surface area contributed by atoms with Gasteiger partial charge in [-0.2, -0.15) is 0 Å². The topological polar surface area (TPSA) is 55.6 Å². The maximum Gasteiger partial charge on any atom is 0.227 e. The van der Waals surface area contributed by atoms with Crippen molar-refractivity contribution in [2.75, 3.05) is 26.3 Å². The molecule has 1 aromatic heterocycles. The number of carbonyl (C=O) groups excluding carboxylic acids is 1. The fourth-order valence-corrected chi connectivity index (χ4v) is 3.47. The number of morpholine rings is 1. The number of carbonyl (C=O) groups is 1. The molecule has 1 aliphatic heterocycles. The molecule has 134 valence electrons. The van der Waals surface area contributed by atoms with Crippen molar-refractivity contribution in [2.24, 2.45) is 0 Å². The van der Waals surface area contributed by atoms with E-state index >= 15 is 0 Å². The third-order valence-electron chi connectivity index (χ3n) is 4.33. The van der Waals surface area contributed by atoms with Crippen molar-refractivity contribution in [1.82, 2.24) is 9.88 Å². The maximum absolute atomic E-state index is 12.3. The van der Waals surface area contributed by atoms with Crippen molar-refractivity contribution >= 4 is 40.2 Å². The van der Waals surface area contributed by atoms with Gasteiger partial charge in [-0.05, 0) is 29.8 Å². The number of fused-ring (bicyclic) bond motifs is 1. The zero-order valence-electron chi connectivity index (χ0n) is 13.9. The second-order valence-electron chi connectivity index (χ2n) is 6.12. The van der Waals surface area contributed by atoms with Crippen LogP contribution in [0.5, 0.6) is 0 Å². The van der Waals surface area contributed by atoms with E-state index in [4.69, 9.17) is 32.4 Å². The van der Waals surface area contributed by atoms with Gasteiger partial charge in [0.05, 0.1) is 24.7 Å². The Hall–Kier alpha value is -2.08. The molecular formula is C19H16Cl2N2O3. The molecule has 0 unspecified atom stereocenters. The number of halogens is 2. The summed E-state index contributed by atoms with van der Waals surface area (Å²) in [5.74, 6) is 0.583. The van der Waals surface area contributed by atoms with Gasteiger partial charge in [-0.25, -0.2) is 4.98 Å². The van der Waals surface area contributed by atoms with Gasteiger partial charge in [0.15, 0.2) is 5.58 Å². The minimum atomic E-state index is 0.115. The molecule has 1 fully saturated rings. The average Bonchev–Trinajstić information content (AvgIpc) is 3.07. The highest BCUT2D eigenvalue weighted by atomic mass is 35.5. The summed E-state index contributed by atoms with van der Waals surface area (Å²) >= 11 is 12.2. The number of hydrogen-bond acceptors (Lipinski definition) is 4. The van der Waals surface area contributed by atoms with Crippen LogP contribution >= 0.6 is 23.2 Å². The van der Waals surface area contributed by atoms with Crippen LogP contribution in [0.2, 0.25) is 10.0 Å². The second kappa shape index (κ2) is 7.27. The van der Waals surface area contributed by atoms with Crippen molar-refractivity contribution in [2.45, 2.75) is 6.42 Å². The number of ether oxygens (including phenoxy) is 1. The van der Waals surface area contributed by atoms with E-state index in [2.05, 4.69) is 4.98 Å². The summed E-state index contributed by atoms with van der Waals surface area (Å²) in [5.41, 5.74) is 2.89. The molecular weight excluding hydrogens is 375 g/mol. The quantitative estimate of drug-likeness (QED) is 0.672. The molecule has 3 aromatic rings. The van der Waals surface area contributed by atoms with Crippen molar-refractivity contribution in [3.63, 3.8) is 0 Å². The molecule has 2 heterocycles. The normalized spacial score (nSPS) is 14.8. The van der Waals surface area contributed by atoms with E-state index in [1.54, 1.807) is 12.1 Å². The minimum absolute atomic E-state index is 0.115. The maximum atomic E-state index is 12.3. The van der Waals surface area contributed by atoms with Crippen LogP contribution in [-0.4, -0.2) is 42.1 Å². The average molecular weight is 391 g/mol. The third kappa shape index (κ3) is 3.56. The molecule has 4 rings (SSSR count). The van der Waals surface area contributed by atoms with E-state index in [-0.39, 0.29) is 5.91 Å². The Morgan fingerprint density at radius 2 is 1.85 bits per heavy atom. The Bertz CT molecular complexity index is 947. The molecule has 5 nitrogen and oxygen atoms in total. The van der Waals surface area contributed by atoms with Gasteiger partial charge >= 0.3 is 0 Å². The lowest BCUT2D eigenvalue weighted by atomic mass is 10.1. The van der Waals surface area contributed by atoms with E-state index in [1.165, 1.54) is 0 Å². The second-order valence-corrected chi connectivity index (χ2v) is 6.97. The molecule has 2 aromatic carbocycles. The van der Waals surface area contributed by atoms with Crippen LogP contribution in [0.4, 0.5) is 0 Å². The van der Waals surface area contributed by atoms with Gasteiger partial charge < -0.3 is 14.1 Å². The summed E-state index contributed by atoms with van der Waals surface area (Å²) in [7, 11) is 0. The zero-order valence-corrected chi connectivity index (χ0v) is 15.4. The van der Waals surface area contributed by atoms with Crippen LogP contribution < -0.4 is 0 Å². The standard InChI is InChI=1S/C19H16Cl2N2O3/c20-14-10-15(21)18-16(11-14)22-19(26-18)13-3-1-12(2-4-13)9-17(24)23-5-7-25-8-6-23/h1-4,10-11H,5-9H2. The lowest BCUT2D eigenvalue weighted by molar-refractivity contribution is -0.134. The van der Waals surface area contributed by atoms with Gasteiger partial charge in [-0.15, -0.1) is 0 Å². The highest BCUT2D eigenvalue weighted by molar-refractivity contribution is 6.38. The molecule has 0 bridgehead atoms. The molecule has 1 saturated heterocycles. The van der Waals surface area contributed by atoms with Crippen LogP contribution in [0.15, 0.2) is 40.8 Å². The Kier molecular flexibility index (Phi) is 4.85. The monoisotopic (exact) mass is 390 g/mol. The first kappa shape index (κ1) is 17.3. The van der Waals surface area contributed by atoms with Crippen molar-refractivity contribution in [3.05, 3.63) is 52.0 Å². The van der Waals surface area contributed by atoms with Crippen LogP contribution in [0.1, 0.15) is 5.56 Å². The molecule has 0 spiro atoms. The molecule has 0 radical (unpaired) electrons. The minimum Gasteiger partial charge on any atom is -0.435 e. The molecule has 1 aliphatic rings. The Morgan fingerprint density at radius 3 is 2.58 bits per heavy atom. The van der Waals surface area contributed by atoms with Gasteiger partial charge in [-0.1, -0.05) is 35.3 Å². The highest BCUT2D eigenvalue weighted by Crippen LogP contribution is 2.31. The summed E-state index contributed by atoms with van der Waals surface area (Å²) < 4.78 is 11.0. The number of oxazole rings is 1. The number of rotatable bonds is 3. The predicted octanol–water partition coefficient (Wildman–Crippen LogP) is 4.20. The van der Waals surface area contributed by atoms with Gasteiger partial charge in [-0.3, -0.25) is 4.79 Å². The molecule has 0 N–H and O–H groups in total. The number of benzene rings is 2. The lowest BCUT2D eigenvalue weighted by Crippen LogP contribution is -2.41. The van der Waals surface area contributed by atoms with E-state index in [0.29, 0.717) is 59.8 Å². The molecule has 1 amide bonds. The SMILES string of the molecule is O=C(Cc1ccc(-c2nc3cc(Cl)cc(Cl)c3o2)cc1)N1CCOCC1. The Labute approximate surface area is 160 Å². The van der Waals surface area contributed by atoms with Crippen molar-refractivity contribution < 1.29 is 13.9 Å². The van der Waals surface area contributed by atoms with Crippen molar-refractivity contribution in [1.29, 1.82) is 0 Å². The van der Waals surface area contributed by atoms with Gasteiger partial charge in [0.2, 0.25) is 11.8 Å². The zero-order chi connectivity index (χ0) is 18.1.